The van der Waals surface area contributed by atoms with Crippen molar-refractivity contribution in [3.05, 3.63) is 57.4 Å². The monoisotopic (exact) mass is 507 g/mol. The SMILES string of the molecule is CCOc1ccc(N2C(=O)/C(=C\c3ccc(OCC(=O)OC)c(Br)c3)SC2=S)cc1. The van der Waals surface area contributed by atoms with E-state index in [1.165, 1.54) is 23.8 Å². The van der Waals surface area contributed by atoms with E-state index in [0.29, 0.717) is 31.7 Å². The van der Waals surface area contributed by atoms with Gasteiger partial charge in [-0.2, -0.15) is 0 Å². The van der Waals surface area contributed by atoms with E-state index in [2.05, 4.69) is 20.7 Å². The molecule has 0 atom stereocenters. The summed E-state index contributed by atoms with van der Waals surface area (Å²) in [5.74, 6) is 0.585. The number of carbonyl (C=O) groups excluding carboxylic acids is 2. The number of amides is 1. The Labute approximate surface area is 192 Å². The zero-order chi connectivity index (χ0) is 21.7. The van der Waals surface area contributed by atoms with Gasteiger partial charge in [-0.25, -0.2) is 4.79 Å². The second-order valence-electron chi connectivity index (χ2n) is 6.00. The number of methoxy groups -OCH3 is 1. The highest BCUT2D eigenvalue weighted by Gasteiger charge is 2.33. The lowest BCUT2D eigenvalue weighted by Gasteiger charge is -2.15. The zero-order valence-electron chi connectivity index (χ0n) is 16.2. The molecule has 1 heterocycles. The summed E-state index contributed by atoms with van der Waals surface area (Å²) in [5.41, 5.74) is 1.48. The van der Waals surface area contributed by atoms with Crippen LogP contribution in [0, 0.1) is 0 Å². The van der Waals surface area contributed by atoms with E-state index in [1.54, 1.807) is 24.3 Å². The number of thioether (sulfide) groups is 1. The van der Waals surface area contributed by atoms with Gasteiger partial charge in [0.2, 0.25) is 0 Å². The van der Waals surface area contributed by atoms with Crippen molar-refractivity contribution in [2.24, 2.45) is 0 Å². The van der Waals surface area contributed by atoms with Crippen LogP contribution in [-0.2, 0) is 14.3 Å². The average Bonchev–Trinajstić information content (AvgIpc) is 3.01. The second kappa shape index (κ2) is 10.1. The Morgan fingerprint density at radius 3 is 2.57 bits per heavy atom. The van der Waals surface area contributed by atoms with Crippen molar-refractivity contribution in [1.29, 1.82) is 0 Å². The molecule has 2 aromatic rings. The highest BCUT2D eigenvalue weighted by molar-refractivity contribution is 9.10. The standard InChI is InChI=1S/C21H18BrNO5S2/c1-3-27-15-7-5-14(6-8-15)23-20(25)18(30-21(23)29)11-13-4-9-17(16(22)10-13)28-12-19(24)26-2/h4-11H,3,12H2,1-2H3/b18-11+. The summed E-state index contributed by atoms with van der Waals surface area (Å²) < 4.78 is 16.5. The van der Waals surface area contributed by atoms with E-state index < -0.39 is 5.97 Å². The van der Waals surface area contributed by atoms with Crippen LogP contribution in [0.2, 0.25) is 0 Å². The molecule has 0 aliphatic carbocycles. The molecule has 0 aromatic heterocycles. The van der Waals surface area contributed by atoms with Crippen LogP contribution >= 0.6 is 39.9 Å². The topological polar surface area (TPSA) is 65.1 Å². The van der Waals surface area contributed by atoms with E-state index in [9.17, 15) is 9.59 Å². The summed E-state index contributed by atoms with van der Waals surface area (Å²) in [4.78, 5) is 26.2. The van der Waals surface area contributed by atoms with Crippen molar-refractivity contribution in [2.75, 3.05) is 25.2 Å². The number of ether oxygens (including phenoxy) is 3. The molecular weight excluding hydrogens is 490 g/mol. The van der Waals surface area contributed by atoms with Crippen LogP contribution in [0.15, 0.2) is 51.8 Å². The normalized spacial score (nSPS) is 14.9. The first-order valence-corrected chi connectivity index (χ1v) is 10.9. The third-order valence-corrected chi connectivity index (χ3v) is 5.95. The first-order chi connectivity index (χ1) is 14.4. The van der Waals surface area contributed by atoms with Gasteiger partial charge < -0.3 is 14.2 Å². The van der Waals surface area contributed by atoms with Gasteiger partial charge in [-0.3, -0.25) is 9.69 Å². The van der Waals surface area contributed by atoms with Crippen molar-refractivity contribution in [2.45, 2.75) is 6.92 Å². The van der Waals surface area contributed by atoms with Crippen LogP contribution in [0.3, 0.4) is 0 Å². The van der Waals surface area contributed by atoms with Crippen LogP contribution in [0.1, 0.15) is 12.5 Å². The molecule has 30 heavy (non-hydrogen) atoms. The maximum atomic E-state index is 12.9. The van der Waals surface area contributed by atoms with E-state index in [-0.39, 0.29) is 12.5 Å². The number of esters is 1. The summed E-state index contributed by atoms with van der Waals surface area (Å²) in [7, 11) is 1.30. The predicted molar refractivity (Wildman–Crippen MR) is 125 cm³/mol. The zero-order valence-corrected chi connectivity index (χ0v) is 19.4. The Hall–Kier alpha value is -2.36. The Morgan fingerprint density at radius 1 is 1.20 bits per heavy atom. The molecule has 6 nitrogen and oxygen atoms in total. The molecule has 1 saturated heterocycles. The summed E-state index contributed by atoms with van der Waals surface area (Å²) in [6.45, 7) is 2.30. The summed E-state index contributed by atoms with van der Waals surface area (Å²) in [6, 6.07) is 12.5. The number of hydrogen-bond acceptors (Lipinski definition) is 7. The Balaban J connectivity index is 1.76. The molecule has 0 unspecified atom stereocenters. The van der Waals surface area contributed by atoms with E-state index >= 15 is 0 Å². The molecule has 1 amide bonds. The fourth-order valence-electron chi connectivity index (χ4n) is 2.62. The molecular formula is C21H18BrNO5S2. The van der Waals surface area contributed by atoms with Crippen molar-refractivity contribution in [1.82, 2.24) is 0 Å². The highest BCUT2D eigenvalue weighted by Crippen LogP contribution is 2.37. The average molecular weight is 508 g/mol. The van der Waals surface area contributed by atoms with Gasteiger partial charge >= 0.3 is 5.97 Å². The van der Waals surface area contributed by atoms with Crippen molar-refractivity contribution in [3.63, 3.8) is 0 Å². The lowest BCUT2D eigenvalue weighted by Crippen LogP contribution is -2.27. The fraction of sp³-hybridized carbons (Fsp3) is 0.190. The van der Waals surface area contributed by atoms with Crippen LogP contribution in [0.5, 0.6) is 11.5 Å². The Kier molecular flexibility index (Phi) is 7.52. The first-order valence-electron chi connectivity index (χ1n) is 8.93. The molecule has 1 aliphatic heterocycles. The van der Waals surface area contributed by atoms with Crippen LogP contribution in [-0.4, -0.2) is 36.5 Å². The molecule has 156 valence electrons. The highest BCUT2D eigenvalue weighted by atomic mass is 79.9. The first kappa shape index (κ1) is 22.3. The van der Waals surface area contributed by atoms with Crippen LogP contribution < -0.4 is 14.4 Å². The van der Waals surface area contributed by atoms with Gasteiger partial charge in [0, 0.05) is 0 Å². The number of carbonyl (C=O) groups is 2. The second-order valence-corrected chi connectivity index (χ2v) is 8.53. The third kappa shape index (κ3) is 5.21. The van der Waals surface area contributed by atoms with Gasteiger partial charge in [-0.05, 0) is 70.9 Å². The van der Waals surface area contributed by atoms with E-state index in [0.717, 1.165) is 11.3 Å². The van der Waals surface area contributed by atoms with Gasteiger partial charge in [0.05, 0.1) is 28.8 Å². The van der Waals surface area contributed by atoms with Gasteiger partial charge in [0.1, 0.15) is 11.5 Å². The number of benzene rings is 2. The van der Waals surface area contributed by atoms with Gasteiger partial charge in [0.15, 0.2) is 10.9 Å². The Bertz CT molecular complexity index is 1010. The van der Waals surface area contributed by atoms with Crippen LogP contribution in [0.25, 0.3) is 6.08 Å². The summed E-state index contributed by atoms with van der Waals surface area (Å²) >= 11 is 10.1. The van der Waals surface area contributed by atoms with Crippen molar-refractivity contribution < 1.29 is 23.8 Å². The third-order valence-electron chi connectivity index (χ3n) is 4.03. The minimum Gasteiger partial charge on any atom is -0.494 e. The number of nitrogens with zero attached hydrogens (tertiary/aromatic N) is 1. The summed E-state index contributed by atoms with van der Waals surface area (Å²) in [6.07, 6.45) is 1.77. The molecule has 0 spiro atoms. The lowest BCUT2D eigenvalue weighted by molar-refractivity contribution is -0.142. The van der Waals surface area contributed by atoms with Crippen molar-refractivity contribution >= 4 is 67.9 Å². The molecule has 0 N–H and O–H groups in total. The molecule has 9 heteroatoms. The van der Waals surface area contributed by atoms with Gasteiger partial charge in [-0.15, -0.1) is 0 Å². The molecule has 0 radical (unpaired) electrons. The largest absolute Gasteiger partial charge is 0.494 e. The number of anilines is 1. The minimum atomic E-state index is -0.469. The van der Waals surface area contributed by atoms with Gasteiger partial charge in [-0.1, -0.05) is 30.0 Å². The number of rotatable bonds is 7. The molecule has 0 saturated carbocycles. The molecule has 3 rings (SSSR count). The quantitative estimate of drug-likeness (QED) is 0.302. The number of halogens is 1. The number of hydrogen-bond donors (Lipinski definition) is 0. The van der Waals surface area contributed by atoms with Gasteiger partial charge in [0.25, 0.3) is 5.91 Å². The van der Waals surface area contributed by atoms with E-state index in [1.807, 2.05) is 31.2 Å². The maximum absolute atomic E-state index is 12.9. The summed E-state index contributed by atoms with van der Waals surface area (Å²) in [5, 5.41) is 0. The predicted octanol–water partition coefficient (Wildman–Crippen LogP) is 4.81. The molecule has 0 bridgehead atoms. The molecule has 1 fully saturated rings. The fourth-order valence-corrected chi connectivity index (χ4v) is 4.43. The smallest absolute Gasteiger partial charge is 0.343 e. The van der Waals surface area contributed by atoms with E-state index in [4.69, 9.17) is 21.7 Å². The van der Waals surface area contributed by atoms with Crippen molar-refractivity contribution in [3.8, 4) is 11.5 Å². The minimum absolute atomic E-state index is 0.184. The Morgan fingerprint density at radius 2 is 1.93 bits per heavy atom. The lowest BCUT2D eigenvalue weighted by atomic mass is 10.2. The molecule has 2 aromatic carbocycles. The maximum Gasteiger partial charge on any atom is 0.343 e. The number of thiocarbonyl (C=S) groups is 1. The van der Waals surface area contributed by atoms with Crippen LogP contribution in [0.4, 0.5) is 5.69 Å². The molecule has 1 aliphatic rings.